The van der Waals surface area contributed by atoms with Crippen molar-refractivity contribution in [2.24, 2.45) is 7.05 Å². The third kappa shape index (κ3) is 2.58. The molecule has 2 aromatic rings. The second kappa shape index (κ2) is 5.18. The molecule has 0 fully saturated rings. The summed E-state index contributed by atoms with van der Waals surface area (Å²) in [5, 5.41) is 6.00. The van der Waals surface area contributed by atoms with E-state index in [0.717, 1.165) is 29.2 Å². The number of nitrogens with two attached hydrogens (primary N) is 1. The summed E-state index contributed by atoms with van der Waals surface area (Å²) in [4.78, 5) is 8.33. The molecule has 2 N–H and O–H groups in total. The zero-order valence-electron chi connectivity index (χ0n) is 9.92. The fourth-order valence-electron chi connectivity index (χ4n) is 1.55. The van der Waals surface area contributed by atoms with Gasteiger partial charge < -0.3 is 5.73 Å². The molecule has 0 unspecified atom stereocenters. The number of aryl methyl sites for hydroxylation is 2. The maximum absolute atomic E-state index is 6.08. The molecule has 0 saturated heterocycles. The Bertz CT molecular complexity index is 494. The first-order valence-electron chi connectivity index (χ1n) is 5.48. The zero-order valence-corrected chi connectivity index (χ0v) is 10.7. The minimum atomic E-state index is 0.685. The molecule has 0 spiro atoms. The first-order valence-corrected chi connectivity index (χ1v) is 6.30. The van der Waals surface area contributed by atoms with Gasteiger partial charge in [-0.05, 0) is 24.2 Å². The SMILES string of the molecule is CCCc1nn(C)c(Sc2ncccn2)c1N. The lowest BCUT2D eigenvalue weighted by atomic mass is 10.2. The summed E-state index contributed by atoms with van der Waals surface area (Å²) in [6, 6.07) is 1.79. The lowest BCUT2D eigenvalue weighted by molar-refractivity contribution is 0.680. The molecule has 90 valence electrons. The second-order valence-electron chi connectivity index (χ2n) is 3.67. The molecule has 0 aliphatic rings. The molecule has 2 heterocycles. The number of hydrogen-bond donors (Lipinski definition) is 1. The molecule has 0 radical (unpaired) electrons. The summed E-state index contributed by atoms with van der Waals surface area (Å²) in [7, 11) is 1.89. The van der Waals surface area contributed by atoms with Gasteiger partial charge in [0, 0.05) is 19.4 Å². The molecule has 0 aromatic carbocycles. The lowest BCUT2D eigenvalue weighted by Crippen LogP contribution is -1.95. The Morgan fingerprint density at radius 1 is 1.35 bits per heavy atom. The van der Waals surface area contributed by atoms with Crippen LogP contribution in [0.3, 0.4) is 0 Å². The monoisotopic (exact) mass is 249 g/mol. The molecule has 0 atom stereocenters. The molecular weight excluding hydrogens is 234 g/mol. The number of rotatable bonds is 4. The van der Waals surface area contributed by atoms with Crippen LogP contribution in [0.25, 0.3) is 0 Å². The molecule has 0 aliphatic heterocycles. The summed E-state index contributed by atoms with van der Waals surface area (Å²) >= 11 is 1.44. The van der Waals surface area contributed by atoms with E-state index in [9.17, 15) is 0 Å². The van der Waals surface area contributed by atoms with E-state index in [0.29, 0.717) is 5.16 Å². The minimum Gasteiger partial charge on any atom is -0.395 e. The Kier molecular flexibility index (Phi) is 3.63. The summed E-state index contributed by atoms with van der Waals surface area (Å²) < 4.78 is 1.79. The van der Waals surface area contributed by atoms with Crippen molar-refractivity contribution in [2.75, 3.05) is 5.73 Å². The van der Waals surface area contributed by atoms with Crippen LogP contribution in [0, 0.1) is 0 Å². The van der Waals surface area contributed by atoms with E-state index >= 15 is 0 Å². The van der Waals surface area contributed by atoms with Crippen LogP contribution < -0.4 is 5.73 Å². The highest BCUT2D eigenvalue weighted by Crippen LogP contribution is 2.31. The Morgan fingerprint density at radius 3 is 2.71 bits per heavy atom. The predicted octanol–water partition coefficient (Wildman–Crippen LogP) is 1.90. The third-order valence-corrected chi connectivity index (χ3v) is 3.39. The zero-order chi connectivity index (χ0) is 12.3. The van der Waals surface area contributed by atoms with Gasteiger partial charge in [-0.2, -0.15) is 5.10 Å². The highest BCUT2D eigenvalue weighted by atomic mass is 32.2. The Balaban J connectivity index is 2.27. The van der Waals surface area contributed by atoms with Crippen molar-refractivity contribution in [3.8, 4) is 0 Å². The van der Waals surface area contributed by atoms with Crippen LogP contribution in [0.4, 0.5) is 5.69 Å². The van der Waals surface area contributed by atoms with Crippen LogP contribution in [-0.2, 0) is 13.5 Å². The predicted molar refractivity (Wildman–Crippen MR) is 67.8 cm³/mol. The van der Waals surface area contributed by atoms with Gasteiger partial charge in [0.2, 0.25) is 0 Å². The van der Waals surface area contributed by atoms with Crippen LogP contribution >= 0.6 is 11.8 Å². The quantitative estimate of drug-likeness (QED) is 0.838. The van der Waals surface area contributed by atoms with Gasteiger partial charge >= 0.3 is 0 Å². The van der Waals surface area contributed by atoms with Crippen LogP contribution in [0.5, 0.6) is 0 Å². The maximum Gasteiger partial charge on any atom is 0.193 e. The van der Waals surface area contributed by atoms with E-state index in [-0.39, 0.29) is 0 Å². The van der Waals surface area contributed by atoms with E-state index in [1.54, 1.807) is 23.1 Å². The second-order valence-corrected chi connectivity index (χ2v) is 4.63. The van der Waals surface area contributed by atoms with Gasteiger partial charge in [-0.25, -0.2) is 9.97 Å². The van der Waals surface area contributed by atoms with Crippen LogP contribution in [0.15, 0.2) is 28.6 Å². The van der Waals surface area contributed by atoms with Gasteiger partial charge in [-0.15, -0.1) is 0 Å². The average Bonchev–Trinajstić information content (AvgIpc) is 2.59. The van der Waals surface area contributed by atoms with Crippen LogP contribution in [0.2, 0.25) is 0 Å². The molecule has 0 aliphatic carbocycles. The maximum atomic E-state index is 6.08. The molecule has 0 saturated carbocycles. The first kappa shape index (κ1) is 11.9. The van der Waals surface area contributed by atoms with E-state index in [1.807, 2.05) is 7.05 Å². The van der Waals surface area contributed by atoms with E-state index in [2.05, 4.69) is 22.0 Å². The number of aromatic nitrogens is 4. The molecule has 2 rings (SSSR count). The van der Waals surface area contributed by atoms with Gasteiger partial charge in [0.05, 0.1) is 11.4 Å². The third-order valence-electron chi connectivity index (χ3n) is 2.32. The molecule has 6 heteroatoms. The van der Waals surface area contributed by atoms with Crippen LogP contribution in [-0.4, -0.2) is 19.7 Å². The summed E-state index contributed by atoms with van der Waals surface area (Å²) in [6.07, 6.45) is 5.37. The molecule has 0 amide bonds. The van der Waals surface area contributed by atoms with Gasteiger partial charge in [0.1, 0.15) is 5.03 Å². The standard InChI is InChI=1S/C11H15N5S/c1-3-5-8-9(12)10(16(2)15-8)17-11-13-6-4-7-14-11/h4,6-7H,3,5,12H2,1-2H3. The van der Waals surface area contributed by atoms with Gasteiger partial charge in [0.15, 0.2) is 5.16 Å². The van der Waals surface area contributed by atoms with E-state index < -0.39 is 0 Å². The number of anilines is 1. The Hall–Kier alpha value is -1.56. The number of hydrogen-bond acceptors (Lipinski definition) is 5. The Labute approximate surface area is 104 Å². The summed E-state index contributed by atoms with van der Waals surface area (Å²) in [5.41, 5.74) is 7.77. The largest absolute Gasteiger partial charge is 0.395 e. The van der Waals surface area contributed by atoms with Crippen molar-refractivity contribution < 1.29 is 0 Å². The van der Waals surface area contributed by atoms with Crippen molar-refractivity contribution in [3.05, 3.63) is 24.2 Å². The van der Waals surface area contributed by atoms with E-state index in [1.165, 1.54) is 11.8 Å². The molecular formula is C11H15N5S. The van der Waals surface area contributed by atoms with Gasteiger partial charge in [-0.3, -0.25) is 4.68 Å². The van der Waals surface area contributed by atoms with Crippen molar-refractivity contribution in [1.82, 2.24) is 19.7 Å². The normalized spacial score (nSPS) is 10.7. The van der Waals surface area contributed by atoms with E-state index in [4.69, 9.17) is 5.73 Å². The summed E-state index contributed by atoms with van der Waals surface area (Å²) in [6.45, 7) is 2.11. The minimum absolute atomic E-state index is 0.685. The number of nitrogens with zero attached hydrogens (tertiary/aromatic N) is 4. The topological polar surface area (TPSA) is 69.6 Å². The van der Waals surface area contributed by atoms with Crippen molar-refractivity contribution in [3.63, 3.8) is 0 Å². The van der Waals surface area contributed by atoms with Crippen molar-refractivity contribution in [1.29, 1.82) is 0 Å². The van der Waals surface area contributed by atoms with Crippen molar-refractivity contribution >= 4 is 17.4 Å². The van der Waals surface area contributed by atoms with Gasteiger partial charge in [-0.1, -0.05) is 13.3 Å². The molecule has 2 aromatic heterocycles. The van der Waals surface area contributed by atoms with Crippen LogP contribution in [0.1, 0.15) is 19.0 Å². The smallest absolute Gasteiger partial charge is 0.193 e. The summed E-state index contributed by atoms with van der Waals surface area (Å²) in [5.74, 6) is 0. The Morgan fingerprint density at radius 2 is 2.06 bits per heavy atom. The highest BCUT2D eigenvalue weighted by Gasteiger charge is 2.14. The fraction of sp³-hybridized carbons (Fsp3) is 0.364. The molecule has 0 bridgehead atoms. The lowest BCUT2D eigenvalue weighted by Gasteiger charge is -2.01. The fourth-order valence-corrected chi connectivity index (χ4v) is 2.35. The molecule has 5 nitrogen and oxygen atoms in total. The average molecular weight is 249 g/mol. The highest BCUT2D eigenvalue weighted by molar-refractivity contribution is 7.99. The van der Waals surface area contributed by atoms with Crippen molar-refractivity contribution in [2.45, 2.75) is 29.9 Å². The van der Waals surface area contributed by atoms with Gasteiger partial charge in [0.25, 0.3) is 0 Å². The number of nitrogen functional groups attached to an aromatic ring is 1. The first-order chi connectivity index (χ1) is 8.22. The molecule has 17 heavy (non-hydrogen) atoms.